The van der Waals surface area contributed by atoms with E-state index in [0.29, 0.717) is 70.0 Å². The van der Waals surface area contributed by atoms with E-state index < -0.39 is 17.8 Å². The molecule has 2 amide bonds. The van der Waals surface area contributed by atoms with Crippen LogP contribution in [0, 0.1) is 11.3 Å². The summed E-state index contributed by atoms with van der Waals surface area (Å²) < 4.78 is 5.83. The van der Waals surface area contributed by atoms with Crippen molar-refractivity contribution in [2.24, 2.45) is 32.6 Å². The molecule has 14 aromatic heterocycles. The van der Waals surface area contributed by atoms with Crippen LogP contribution in [-0.2, 0) is 21.1 Å². The van der Waals surface area contributed by atoms with E-state index in [0.717, 1.165) is 122 Å². The monoisotopic (exact) mass is 1990 g/mol. The third-order valence-electron chi connectivity index (χ3n) is 26.0. The highest BCUT2D eigenvalue weighted by molar-refractivity contribution is 5.95. The number of aromatic nitrogens is 17. The van der Waals surface area contributed by atoms with Crippen LogP contribution < -0.4 is 16.4 Å². The predicted octanol–water partition coefficient (Wildman–Crippen LogP) is 26.1. The van der Waals surface area contributed by atoms with E-state index in [4.69, 9.17) is 26.9 Å². The summed E-state index contributed by atoms with van der Waals surface area (Å²) in [5, 5.41) is 28.0. The average Bonchev–Trinajstić information content (AvgIpc) is 1.61. The molecule has 18 aromatic rings. The Morgan fingerprint density at radius 2 is 0.758 bits per heavy atom. The first kappa shape index (κ1) is 110. The third-order valence-corrected chi connectivity index (χ3v) is 26.0. The number of nitrogens with zero attached hydrogens (tertiary/aromatic N) is 20. The van der Waals surface area contributed by atoms with Crippen molar-refractivity contribution in [2.45, 2.75) is 177 Å². The molecule has 26 nitrogen and oxygen atoms in total. The number of carbonyl (C=O) groups is 3. The zero-order chi connectivity index (χ0) is 107. The minimum atomic E-state index is -0.982. The zero-order valence-corrected chi connectivity index (χ0v) is 89.1. The number of carbonyl (C=O) groups excluding carboxylic acids is 2. The fourth-order valence-corrected chi connectivity index (χ4v) is 16.4. The Morgan fingerprint density at radius 3 is 1.19 bits per heavy atom. The summed E-state index contributed by atoms with van der Waals surface area (Å²) in [6.45, 7) is 38.9. The summed E-state index contributed by atoms with van der Waals surface area (Å²) in [6, 6.07) is 68.5. The number of anilines is 1. The molecule has 0 bridgehead atoms. The zero-order valence-electron chi connectivity index (χ0n) is 89.1. The van der Waals surface area contributed by atoms with Crippen LogP contribution in [0.5, 0.6) is 0 Å². The van der Waals surface area contributed by atoms with Gasteiger partial charge in [-0.15, -0.1) is 0 Å². The smallest absolute Gasteiger partial charge is 0.337 e. The SMILES string of the molecule is CC(C)c1ccnc(-c2ccc(N3CCN(C)CC3)nc2)c1.CC(C)c1ccnc(-c2ccc3c(c2)c(C2CC2)nn3C)c1.CC(C)c1ccnc(-c2cccc(C#N)c2)c1.CC(C)c1ccnc(-c2cccc(C(N)=O)c2)c1.CC(C)c1ccnc(-c2cncc(C(=O)O)c2)c1.CC(C)c1ccnc(-c2cncc(C(N)=O)c2)c1.CC(C)c1ccnc(-c2cnn(C)c2)c1.CC(C)c1cncc(-c2ccc3c(c2)ncn3C)c1. The van der Waals surface area contributed by atoms with E-state index in [9.17, 15) is 14.4 Å². The van der Waals surface area contributed by atoms with Crippen LogP contribution in [0.15, 0.2) is 306 Å². The number of carboxylic acid groups (broad SMARTS) is 1. The molecule has 2 aliphatic rings. The summed E-state index contributed by atoms with van der Waals surface area (Å²) in [6.07, 6.45) is 32.9. The second kappa shape index (κ2) is 51.9. The van der Waals surface area contributed by atoms with Gasteiger partial charge in [0.2, 0.25) is 11.8 Å². The average molecular weight is 1990 g/mol. The largest absolute Gasteiger partial charge is 0.478 e. The Kier molecular flexibility index (Phi) is 38.2. The molecule has 762 valence electrons. The number of carboxylic acids is 1. The summed E-state index contributed by atoms with van der Waals surface area (Å²) in [5.74, 6) is 3.67. The molecule has 0 atom stereocenters. The van der Waals surface area contributed by atoms with Crippen molar-refractivity contribution >= 4 is 45.5 Å². The van der Waals surface area contributed by atoms with Gasteiger partial charge in [-0.3, -0.25) is 68.8 Å². The van der Waals surface area contributed by atoms with Gasteiger partial charge < -0.3 is 30.9 Å². The van der Waals surface area contributed by atoms with Crippen molar-refractivity contribution < 1.29 is 19.5 Å². The number of nitriles is 1. The van der Waals surface area contributed by atoms with Crippen molar-refractivity contribution in [1.29, 1.82) is 5.26 Å². The summed E-state index contributed by atoms with van der Waals surface area (Å²) >= 11 is 0. The number of nitrogens with two attached hydrogens (primary N) is 2. The molecule has 1 aliphatic heterocycles. The van der Waals surface area contributed by atoms with Gasteiger partial charge >= 0.3 is 5.97 Å². The van der Waals surface area contributed by atoms with Crippen molar-refractivity contribution in [3.05, 3.63) is 378 Å². The second-order valence-corrected chi connectivity index (χ2v) is 40.0. The molecule has 20 rings (SSSR count). The number of fused-ring (bicyclic) bond motifs is 2. The Balaban J connectivity index is 0.000000142. The fraction of sp³-hybridized carbons (Fsp3) is 0.285. The minimum Gasteiger partial charge on any atom is -0.478 e. The van der Waals surface area contributed by atoms with Crippen LogP contribution >= 0.6 is 0 Å². The lowest BCUT2D eigenvalue weighted by Crippen LogP contribution is -2.44. The molecular formula is C123H136N22O4. The number of hydrogen-bond donors (Lipinski definition) is 3. The molecule has 0 spiro atoms. The van der Waals surface area contributed by atoms with Crippen molar-refractivity contribution in [3.63, 3.8) is 0 Å². The molecule has 1 saturated heterocycles. The summed E-state index contributed by atoms with van der Waals surface area (Å²) in [4.78, 5) is 89.9. The maximum Gasteiger partial charge on any atom is 0.337 e. The molecule has 15 heterocycles. The maximum atomic E-state index is 11.2. The van der Waals surface area contributed by atoms with Crippen LogP contribution in [0.2, 0.25) is 0 Å². The highest BCUT2D eigenvalue weighted by atomic mass is 16.4. The van der Waals surface area contributed by atoms with Gasteiger partial charge in [0, 0.05) is 202 Å². The van der Waals surface area contributed by atoms with Crippen molar-refractivity contribution in [3.8, 4) is 96.0 Å². The molecule has 26 heteroatoms. The Hall–Kier alpha value is -16.7. The number of amides is 2. The number of likely N-dealkylation sites (N-methyl/N-ethyl adjacent to an activating group) is 1. The number of hydrogen-bond acceptors (Lipinski definition) is 20. The van der Waals surface area contributed by atoms with Crippen LogP contribution in [0.3, 0.4) is 0 Å². The first-order valence-electron chi connectivity index (χ1n) is 50.8. The minimum absolute atomic E-state index is 0.171. The van der Waals surface area contributed by atoms with Gasteiger partial charge in [0.25, 0.3) is 0 Å². The second-order valence-electron chi connectivity index (χ2n) is 40.0. The number of imidazole rings is 1. The van der Waals surface area contributed by atoms with Gasteiger partial charge in [-0.1, -0.05) is 147 Å². The van der Waals surface area contributed by atoms with Crippen molar-refractivity contribution in [1.82, 2.24) is 88.8 Å². The van der Waals surface area contributed by atoms with Gasteiger partial charge in [0.15, 0.2) is 0 Å². The Bertz CT molecular complexity index is 7360. The fourth-order valence-electron chi connectivity index (χ4n) is 16.4. The van der Waals surface area contributed by atoms with E-state index in [-0.39, 0.29) is 5.56 Å². The topological polar surface area (TPSA) is 349 Å². The number of pyridine rings is 11. The van der Waals surface area contributed by atoms with Gasteiger partial charge in [0.1, 0.15) is 5.82 Å². The summed E-state index contributed by atoms with van der Waals surface area (Å²) in [7, 11) is 8.12. The van der Waals surface area contributed by atoms with Gasteiger partial charge in [0.05, 0.1) is 97.4 Å². The molecule has 0 radical (unpaired) electrons. The number of aromatic carboxylic acids is 1. The van der Waals surface area contributed by atoms with Crippen LogP contribution in [0.1, 0.15) is 264 Å². The molecule has 149 heavy (non-hydrogen) atoms. The molecular weight excluding hydrogens is 1850 g/mol. The van der Waals surface area contributed by atoms with E-state index in [1.54, 1.807) is 66.0 Å². The quantitative estimate of drug-likeness (QED) is 0.0601. The van der Waals surface area contributed by atoms with Crippen molar-refractivity contribution in [2.75, 3.05) is 38.1 Å². The molecule has 0 unspecified atom stereocenters. The van der Waals surface area contributed by atoms with E-state index in [1.165, 1.54) is 97.5 Å². The highest BCUT2D eigenvalue weighted by Gasteiger charge is 2.29. The highest BCUT2D eigenvalue weighted by Crippen LogP contribution is 2.44. The maximum absolute atomic E-state index is 11.2. The lowest BCUT2D eigenvalue weighted by molar-refractivity contribution is 0.0695. The van der Waals surface area contributed by atoms with Crippen LogP contribution in [0.4, 0.5) is 5.82 Å². The normalized spacial score (nSPS) is 12.2. The van der Waals surface area contributed by atoms with E-state index in [2.05, 4.69) is 296 Å². The molecule has 1 aliphatic carbocycles. The number of rotatable bonds is 21. The number of aryl methyl sites for hydroxylation is 3. The Morgan fingerprint density at radius 1 is 0.356 bits per heavy atom. The van der Waals surface area contributed by atoms with Crippen LogP contribution in [0.25, 0.3) is 112 Å². The molecule has 5 N–H and O–H groups in total. The standard InChI is InChI=1S/C19H21N3.C18H24N4.C16H17N3.C15H16N2O.C15H14N2.C14H15N3O.C14H14N2O2.C12H15N3/c1-12(2)14-8-9-20-17(11-14)15-6-7-18-16(10-15)19(13-4-5-13)21-22(18)3;1-14(2)15-6-7-19-17(12-15)16-4-5-18(20-13-16)22-10-8-21(3)9-11-22;1-11(2)13-6-14(9-17-8-13)12-4-5-16-15(7-12)18-10-19(16)3;1-10(2)11-6-7-17-14(9-11)12-4-3-5-13(8-12)15(16)18;1-11(2)13-6-7-17-15(9-13)14-5-3-4-12(8-14)10-16;1-9(2)10-3-4-17-13(6-10)11-5-12(14(15)18)8-16-7-11;1-9(2)10-3-4-16-13(6-10)11-5-12(14(17)18)8-15-7-11;1-9(2)10-4-5-13-12(6-10)11-7-14-15(3)8-11/h6-13H,4-5H2,1-3H3;4-7,12-14H,8-11H2,1-3H3;4-11H,1-3H3;3-10H,1-2H3,(H2,16,18);3-9,11H,1-2H3;3-9H,1-2H3,(H2,15,18);3-9H,1-2H3,(H,17,18);4-9H,1-3H3. The summed E-state index contributed by atoms with van der Waals surface area (Å²) in [5.41, 5.74) is 42.4. The lowest BCUT2D eigenvalue weighted by Gasteiger charge is -2.33. The first-order chi connectivity index (χ1) is 71.5. The lowest BCUT2D eigenvalue weighted by atomic mass is 10.0. The van der Waals surface area contributed by atoms with Crippen LogP contribution in [-0.4, -0.2) is 145 Å². The number of piperazine rings is 1. The van der Waals surface area contributed by atoms with E-state index in [1.807, 2.05) is 165 Å². The van der Waals surface area contributed by atoms with Gasteiger partial charge in [-0.25, -0.2) is 14.8 Å². The molecule has 1 saturated carbocycles. The van der Waals surface area contributed by atoms with Gasteiger partial charge in [-0.2, -0.15) is 15.5 Å². The Labute approximate surface area is 875 Å². The molecule has 2 fully saturated rings. The predicted molar refractivity (Wildman–Crippen MR) is 599 cm³/mol. The first-order valence-corrected chi connectivity index (χ1v) is 50.8. The third kappa shape index (κ3) is 30.5. The number of benzene rings is 4. The van der Waals surface area contributed by atoms with Gasteiger partial charge in [-0.05, 0) is 281 Å². The molecule has 4 aromatic carbocycles. The number of primary amides is 2. The van der Waals surface area contributed by atoms with E-state index >= 15 is 0 Å².